The van der Waals surface area contributed by atoms with Crippen molar-refractivity contribution < 1.29 is 19.0 Å². The minimum atomic E-state index is -0.414. The first-order valence-electron chi connectivity index (χ1n) is 7.96. The number of benzene rings is 1. The Morgan fingerprint density at radius 2 is 1.96 bits per heavy atom. The molecule has 1 aromatic carbocycles. The Kier molecular flexibility index (Phi) is 5.52. The molecule has 3 rings (SSSR count). The molecule has 0 aliphatic rings. The quantitative estimate of drug-likeness (QED) is 0.592. The largest absolute Gasteiger partial charge is 0.497 e. The highest BCUT2D eigenvalue weighted by atomic mass is 32.1. The number of aryl methyl sites for hydroxylation is 1. The number of methoxy groups -OCH3 is 1. The number of rotatable bonds is 7. The zero-order valence-electron chi connectivity index (χ0n) is 14.4. The van der Waals surface area contributed by atoms with E-state index in [2.05, 4.69) is 4.98 Å². The Hall–Kier alpha value is -2.87. The van der Waals surface area contributed by atoms with Gasteiger partial charge in [0.1, 0.15) is 18.1 Å². The van der Waals surface area contributed by atoms with Crippen molar-refractivity contribution in [2.45, 2.75) is 20.0 Å². The molecule has 2 heterocycles. The molecule has 136 valence electrons. The molecule has 3 aromatic rings. The molecule has 0 aliphatic heterocycles. The molecule has 7 nitrogen and oxygen atoms in total. The number of aromatic nitrogens is 2. The van der Waals surface area contributed by atoms with Gasteiger partial charge in [0.2, 0.25) is 0 Å². The minimum Gasteiger partial charge on any atom is -0.497 e. The molecular formula is C18H18N2O5S. The lowest BCUT2D eigenvalue weighted by atomic mass is 10.3. The van der Waals surface area contributed by atoms with Gasteiger partial charge >= 0.3 is 5.97 Å². The molecule has 2 aromatic heterocycles. The summed E-state index contributed by atoms with van der Waals surface area (Å²) in [4.78, 5) is 28.8. The van der Waals surface area contributed by atoms with Gasteiger partial charge in [-0.15, -0.1) is 11.3 Å². The summed E-state index contributed by atoms with van der Waals surface area (Å²) in [7, 11) is 1.59. The third-order valence-electron chi connectivity index (χ3n) is 3.64. The zero-order chi connectivity index (χ0) is 18.5. The van der Waals surface area contributed by atoms with E-state index in [1.807, 2.05) is 12.3 Å². The van der Waals surface area contributed by atoms with E-state index in [4.69, 9.17) is 14.2 Å². The lowest BCUT2D eigenvalue weighted by Crippen LogP contribution is -2.16. The molecule has 0 saturated carbocycles. The third-order valence-corrected chi connectivity index (χ3v) is 4.59. The van der Waals surface area contributed by atoms with E-state index in [0.717, 1.165) is 11.4 Å². The van der Waals surface area contributed by atoms with Gasteiger partial charge in [0.15, 0.2) is 4.96 Å². The van der Waals surface area contributed by atoms with E-state index >= 15 is 0 Å². The summed E-state index contributed by atoms with van der Waals surface area (Å²) in [6.45, 7) is 2.00. The second-order valence-corrected chi connectivity index (χ2v) is 6.35. The van der Waals surface area contributed by atoms with Crippen LogP contribution in [0.15, 0.2) is 40.5 Å². The van der Waals surface area contributed by atoms with Crippen LogP contribution in [-0.4, -0.2) is 29.1 Å². The molecule has 0 fully saturated rings. The van der Waals surface area contributed by atoms with Crippen molar-refractivity contribution >= 4 is 22.3 Å². The molecule has 8 heteroatoms. The molecule has 0 spiro atoms. The standard InChI is InChI=1S/C18H18N2O5S/c1-12-11-26-18-19-13(9-16(21)20(12)18)10-25-17(22)7-8-24-15-5-3-14(23-2)4-6-15/h3-6,9,11H,7-8,10H2,1-2H3. The molecular weight excluding hydrogens is 356 g/mol. The maximum atomic E-state index is 12.1. The second kappa shape index (κ2) is 8.01. The summed E-state index contributed by atoms with van der Waals surface area (Å²) in [6.07, 6.45) is 0.103. The van der Waals surface area contributed by atoms with Crippen LogP contribution in [0.3, 0.4) is 0 Å². The van der Waals surface area contributed by atoms with Crippen molar-refractivity contribution in [2.75, 3.05) is 13.7 Å². The van der Waals surface area contributed by atoms with Gasteiger partial charge in [-0.25, -0.2) is 4.98 Å². The smallest absolute Gasteiger partial charge is 0.309 e. The van der Waals surface area contributed by atoms with E-state index in [0.29, 0.717) is 16.4 Å². The number of carbonyl (C=O) groups excluding carboxylic acids is 1. The Morgan fingerprint density at radius 3 is 2.69 bits per heavy atom. The minimum absolute atomic E-state index is 0.0376. The Morgan fingerprint density at radius 1 is 1.23 bits per heavy atom. The van der Waals surface area contributed by atoms with E-state index in [9.17, 15) is 9.59 Å². The van der Waals surface area contributed by atoms with Crippen LogP contribution in [0.2, 0.25) is 0 Å². The van der Waals surface area contributed by atoms with Crippen LogP contribution < -0.4 is 15.0 Å². The first-order chi connectivity index (χ1) is 12.6. The van der Waals surface area contributed by atoms with Crippen LogP contribution in [-0.2, 0) is 16.1 Å². The van der Waals surface area contributed by atoms with E-state index < -0.39 is 5.97 Å². The van der Waals surface area contributed by atoms with Gasteiger partial charge in [0.05, 0.1) is 25.8 Å². The highest BCUT2D eigenvalue weighted by Crippen LogP contribution is 2.17. The number of fused-ring (bicyclic) bond motifs is 1. The predicted molar refractivity (Wildman–Crippen MR) is 97.0 cm³/mol. The fraction of sp³-hybridized carbons (Fsp3) is 0.278. The van der Waals surface area contributed by atoms with Gasteiger partial charge in [0, 0.05) is 17.1 Å². The third kappa shape index (κ3) is 4.20. The number of hydrogen-bond donors (Lipinski definition) is 0. The number of carbonyl (C=O) groups is 1. The van der Waals surface area contributed by atoms with E-state index in [-0.39, 0.29) is 25.2 Å². The summed E-state index contributed by atoms with van der Waals surface area (Å²) < 4.78 is 17.2. The summed E-state index contributed by atoms with van der Waals surface area (Å²) in [6, 6.07) is 8.47. The van der Waals surface area contributed by atoms with Crippen LogP contribution >= 0.6 is 11.3 Å². The monoisotopic (exact) mass is 374 g/mol. The number of nitrogens with zero attached hydrogens (tertiary/aromatic N) is 2. The summed E-state index contributed by atoms with van der Waals surface area (Å²) in [5.74, 6) is 0.966. The summed E-state index contributed by atoms with van der Waals surface area (Å²) >= 11 is 1.37. The lowest BCUT2D eigenvalue weighted by Gasteiger charge is -2.07. The summed E-state index contributed by atoms with van der Waals surface area (Å²) in [5, 5.41) is 1.86. The van der Waals surface area contributed by atoms with E-state index in [1.54, 1.807) is 31.4 Å². The van der Waals surface area contributed by atoms with Crippen molar-refractivity contribution in [1.82, 2.24) is 9.38 Å². The van der Waals surface area contributed by atoms with Crippen molar-refractivity contribution in [2.24, 2.45) is 0 Å². The molecule has 0 radical (unpaired) electrons. The Balaban J connectivity index is 1.48. The van der Waals surface area contributed by atoms with Crippen LogP contribution in [0, 0.1) is 6.92 Å². The fourth-order valence-corrected chi connectivity index (χ4v) is 3.22. The molecule has 0 N–H and O–H groups in total. The van der Waals surface area contributed by atoms with Crippen LogP contribution in [0.4, 0.5) is 0 Å². The van der Waals surface area contributed by atoms with Gasteiger partial charge in [0.25, 0.3) is 5.56 Å². The average molecular weight is 374 g/mol. The van der Waals surface area contributed by atoms with Crippen molar-refractivity contribution in [1.29, 1.82) is 0 Å². The van der Waals surface area contributed by atoms with E-state index in [1.165, 1.54) is 21.8 Å². The molecule has 26 heavy (non-hydrogen) atoms. The van der Waals surface area contributed by atoms with Crippen molar-refractivity contribution in [3.8, 4) is 11.5 Å². The molecule has 0 saturated heterocycles. The normalized spacial score (nSPS) is 10.7. The highest BCUT2D eigenvalue weighted by molar-refractivity contribution is 7.15. The zero-order valence-corrected chi connectivity index (χ0v) is 15.2. The number of thiazole rings is 1. The van der Waals surface area contributed by atoms with Crippen molar-refractivity contribution in [3.05, 3.63) is 57.5 Å². The van der Waals surface area contributed by atoms with Crippen LogP contribution in [0.1, 0.15) is 17.8 Å². The van der Waals surface area contributed by atoms with Crippen molar-refractivity contribution in [3.63, 3.8) is 0 Å². The van der Waals surface area contributed by atoms with Gasteiger partial charge < -0.3 is 14.2 Å². The molecule has 0 amide bonds. The lowest BCUT2D eigenvalue weighted by molar-refractivity contribution is -0.145. The Bertz CT molecular complexity index is 962. The Labute approximate surface area is 153 Å². The molecule has 0 unspecified atom stereocenters. The number of hydrogen-bond acceptors (Lipinski definition) is 7. The van der Waals surface area contributed by atoms with Gasteiger partial charge in [-0.05, 0) is 31.2 Å². The first-order valence-corrected chi connectivity index (χ1v) is 8.84. The van der Waals surface area contributed by atoms with Crippen LogP contribution in [0.5, 0.6) is 11.5 Å². The second-order valence-electron chi connectivity index (χ2n) is 5.52. The number of ether oxygens (including phenoxy) is 3. The van der Waals surface area contributed by atoms with Gasteiger partial charge in [-0.3, -0.25) is 14.0 Å². The highest BCUT2D eigenvalue weighted by Gasteiger charge is 2.09. The SMILES string of the molecule is COc1ccc(OCCC(=O)OCc2cc(=O)n3c(C)csc3n2)cc1. The molecule has 0 atom stereocenters. The summed E-state index contributed by atoms with van der Waals surface area (Å²) in [5.41, 5.74) is 1.09. The fourth-order valence-electron chi connectivity index (χ4n) is 2.33. The van der Waals surface area contributed by atoms with Crippen LogP contribution in [0.25, 0.3) is 4.96 Å². The average Bonchev–Trinajstić information content (AvgIpc) is 3.02. The maximum Gasteiger partial charge on any atom is 0.309 e. The van der Waals surface area contributed by atoms with Gasteiger partial charge in [-0.2, -0.15) is 0 Å². The molecule has 0 bridgehead atoms. The maximum absolute atomic E-state index is 12.1. The predicted octanol–water partition coefficient (Wildman–Crippen LogP) is 2.59. The topological polar surface area (TPSA) is 79.1 Å². The first kappa shape index (κ1) is 17.9. The molecule has 0 aliphatic carbocycles. The number of esters is 1. The van der Waals surface area contributed by atoms with Gasteiger partial charge in [-0.1, -0.05) is 0 Å².